The number of nitrogens with zero attached hydrogens (tertiary/aromatic N) is 4. The van der Waals surface area contributed by atoms with Crippen LogP contribution in [-0.4, -0.2) is 41.0 Å². The Hall–Kier alpha value is -3.13. The Morgan fingerprint density at radius 2 is 1.97 bits per heavy atom. The van der Waals surface area contributed by atoms with Crippen LogP contribution in [0.25, 0.3) is 10.9 Å². The van der Waals surface area contributed by atoms with Crippen LogP contribution in [0.2, 0.25) is 0 Å². The molecule has 0 saturated heterocycles. The first kappa shape index (κ1) is 22.1. The minimum atomic E-state index is -0.446. The van der Waals surface area contributed by atoms with Crippen molar-refractivity contribution >= 4 is 28.2 Å². The summed E-state index contributed by atoms with van der Waals surface area (Å²) in [7, 11) is 3.81. The Morgan fingerprint density at radius 3 is 2.62 bits per heavy atom. The number of hydrogen-bond donors (Lipinski definition) is 2. The third kappa shape index (κ3) is 4.27. The predicted octanol–water partition coefficient (Wildman–Crippen LogP) is 3.59. The predicted molar refractivity (Wildman–Crippen MR) is 125 cm³/mol. The van der Waals surface area contributed by atoms with Gasteiger partial charge in [0.1, 0.15) is 0 Å². The van der Waals surface area contributed by atoms with Crippen molar-refractivity contribution in [3.05, 3.63) is 53.1 Å². The van der Waals surface area contributed by atoms with Gasteiger partial charge < -0.3 is 20.5 Å². The van der Waals surface area contributed by atoms with Crippen molar-refractivity contribution < 1.29 is 14.6 Å². The molecule has 1 fully saturated rings. The molecule has 2 aromatic heterocycles. The number of fused-ring (bicyclic) bond motifs is 1. The van der Waals surface area contributed by atoms with Gasteiger partial charge in [-0.3, -0.25) is 9.48 Å². The van der Waals surface area contributed by atoms with Gasteiger partial charge in [0.15, 0.2) is 5.69 Å². The van der Waals surface area contributed by atoms with Crippen molar-refractivity contribution in [2.24, 2.45) is 0 Å². The fourth-order valence-electron chi connectivity index (χ4n) is 4.35. The van der Waals surface area contributed by atoms with E-state index in [1.165, 1.54) is 6.07 Å². The molecule has 0 unspecified atom stereocenters. The second-order valence-corrected chi connectivity index (χ2v) is 9.13. The molecule has 1 aliphatic rings. The molecule has 8 nitrogen and oxygen atoms in total. The summed E-state index contributed by atoms with van der Waals surface area (Å²) in [6.07, 6.45) is 5.16. The number of aliphatic hydroxyl groups is 1. The van der Waals surface area contributed by atoms with Gasteiger partial charge in [0.05, 0.1) is 29.0 Å². The maximum Gasteiger partial charge on any atom is 0.321 e. The third-order valence-electron chi connectivity index (χ3n) is 6.21. The van der Waals surface area contributed by atoms with Crippen LogP contribution in [-0.2, 0) is 0 Å². The van der Waals surface area contributed by atoms with Gasteiger partial charge in [-0.2, -0.15) is 9.83 Å². The molecule has 0 atom stereocenters. The molecule has 0 spiro atoms. The van der Waals surface area contributed by atoms with Gasteiger partial charge in [-0.1, -0.05) is 13.8 Å². The summed E-state index contributed by atoms with van der Waals surface area (Å²) in [5.74, 6) is -0.431. The van der Waals surface area contributed by atoms with Gasteiger partial charge in [0, 0.05) is 43.7 Å². The number of carbonyl (C=O) groups excluding carboxylic acids is 1. The lowest BCUT2D eigenvalue weighted by atomic mass is 9.93. The normalized spacial score (nSPS) is 18.8. The molecule has 170 valence electrons. The lowest BCUT2D eigenvalue weighted by molar-refractivity contribution is -0.617. The maximum absolute atomic E-state index is 13.0. The Bertz CT molecular complexity index is 1130. The molecule has 2 heterocycles. The summed E-state index contributed by atoms with van der Waals surface area (Å²) in [6, 6.07) is 9.15. The van der Waals surface area contributed by atoms with Gasteiger partial charge in [0.25, 0.3) is 5.69 Å². The van der Waals surface area contributed by atoms with Crippen molar-refractivity contribution in [1.82, 2.24) is 9.78 Å². The summed E-state index contributed by atoms with van der Waals surface area (Å²) in [5.41, 5.74) is 2.91. The molecule has 0 aliphatic heterocycles. The van der Waals surface area contributed by atoms with Crippen molar-refractivity contribution in [2.75, 3.05) is 24.3 Å². The van der Waals surface area contributed by atoms with Crippen molar-refractivity contribution in [3.8, 4) is 0 Å². The van der Waals surface area contributed by atoms with Gasteiger partial charge in [-0.25, -0.2) is 0 Å². The summed E-state index contributed by atoms with van der Waals surface area (Å²) < 4.78 is 2.70. The fraction of sp³-hybridized carbons (Fsp3) is 0.458. The van der Waals surface area contributed by atoms with Crippen LogP contribution in [0.1, 0.15) is 67.7 Å². The topological polar surface area (TPSA) is 97.3 Å². The van der Waals surface area contributed by atoms with Crippen LogP contribution in [0.5, 0.6) is 0 Å². The van der Waals surface area contributed by atoms with E-state index in [1.54, 1.807) is 12.1 Å². The first-order valence-electron chi connectivity index (χ1n) is 11.2. The second kappa shape index (κ2) is 8.78. The van der Waals surface area contributed by atoms with E-state index in [-0.39, 0.29) is 23.8 Å². The number of benzene rings is 1. The minimum absolute atomic E-state index is 0.0145. The zero-order chi connectivity index (χ0) is 23.0. The Kier molecular flexibility index (Phi) is 6.06. The summed E-state index contributed by atoms with van der Waals surface area (Å²) in [6.45, 7) is 3.85. The molecule has 4 rings (SSSR count). The molecular weight excluding hydrogens is 406 g/mol. The summed E-state index contributed by atoms with van der Waals surface area (Å²) >= 11 is 0. The highest BCUT2D eigenvalue weighted by Crippen LogP contribution is 2.33. The average Bonchev–Trinajstić information content (AvgIpc) is 3.16. The summed E-state index contributed by atoms with van der Waals surface area (Å²) in [5, 5.41) is 31.1. The second-order valence-electron chi connectivity index (χ2n) is 9.13. The number of amides is 1. The molecule has 1 amide bonds. The average molecular weight is 438 g/mol. The van der Waals surface area contributed by atoms with Gasteiger partial charge in [-0.15, -0.1) is 0 Å². The molecule has 8 heteroatoms. The molecule has 0 bridgehead atoms. The third-order valence-corrected chi connectivity index (χ3v) is 6.21. The summed E-state index contributed by atoms with van der Waals surface area (Å²) in [4.78, 5) is 14.9. The number of anilines is 2. The van der Waals surface area contributed by atoms with E-state index in [0.717, 1.165) is 42.3 Å². The van der Waals surface area contributed by atoms with Gasteiger partial charge >= 0.3 is 5.91 Å². The Balaban J connectivity index is 1.66. The van der Waals surface area contributed by atoms with Crippen LogP contribution in [0.3, 0.4) is 0 Å². The van der Waals surface area contributed by atoms with Crippen molar-refractivity contribution in [1.29, 1.82) is 0 Å². The van der Waals surface area contributed by atoms with E-state index in [4.69, 9.17) is 5.10 Å². The Morgan fingerprint density at radius 1 is 1.25 bits per heavy atom. The minimum Gasteiger partial charge on any atom is -0.618 e. The number of aromatic nitrogens is 3. The molecule has 2 N–H and O–H groups in total. The molecule has 0 radical (unpaired) electrons. The molecule has 32 heavy (non-hydrogen) atoms. The number of nitrogens with one attached hydrogen (secondary N) is 1. The first-order chi connectivity index (χ1) is 15.2. The van der Waals surface area contributed by atoms with Crippen LogP contribution >= 0.6 is 0 Å². The number of rotatable bonds is 5. The molecule has 1 aliphatic carbocycles. The zero-order valence-electron chi connectivity index (χ0n) is 19.1. The quantitative estimate of drug-likeness (QED) is 0.470. The lowest BCUT2D eigenvalue weighted by Gasteiger charge is -2.25. The van der Waals surface area contributed by atoms with Crippen LogP contribution in [0.4, 0.5) is 11.4 Å². The number of hydrogen-bond acceptors (Lipinski definition) is 5. The van der Waals surface area contributed by atoms with Crippen molar-refractivity contribution in [3.63, 3.8) is 0 Å². The molecular formula is C24H31N5O3. The van der Waals surface area contributed by atoms with E-state index in [1.807, 2.05) is 55.9 Å². The lowest BCUT2D eigenvalue weighted by Crippen LogP contribution is -2.41. The largest absolute Gasteiger partial charge is 0.618 e. The highest BCUT2D eigenvalue weighted by molar-refractivity contribution is 6.05. The van der Waals surface area contributed by atoms with E-state index >= 15 is 0 Å². The monoisotopic (exact) mass is 437 g/mol. The number of pyridine rings is 1. The van der Waals surface area contributed by atoms with E-state index in [2.05, 4.69) is 5.32 Å². The highest BCUT2D eigenvalue weighted by Gasteiger charge is 2.24. The van der Waals surface area contributed by atoms with Crippen LogP contribution < -0.4 is 14.9 Å². The molecule has 1 saturated carbocycles. The standard InChI is InChI=1S/C24H31N5O3/c1-15(2)21-6-5-7-22(29(21)32)24(31)25-20-12-16-14-28(17-8-10-18(30)11-9-17)26-19(16)13-23(20)27(3)4/h5-7,12-15,17-18,30H,8-11H2,1-4H3,(H,25,31). The first-order valence-corrected chi connectivity index (χ1v) is 11.2. The number of aliphatic hydroxyl groups excluding tert-OH is 1. The van der Waals surface area contributed by atoms with Crippen LogP contribution in [0.15, 0.2) is 36.5 Å². The van der Waals surface area contributed by atoms with Gasteiger partial charge in [0.2, 0.25) is 0 Å². The van der Waals surface area contributed by atoms with E-state index in [9.17, 15) is 15.1 Å². The molecule has 3 aromatic rings. The van der Waals surface area contributed by atoms with E-state index in [0.29, 0.717) is 16.1 Å². The molecule has 1 aromatic carbocycles. The Labute approximate surface area is 188 Å². The fourth-order valence-corrected chi connectivity index (χ4v) is 4.35. The number of carbonyl (C=O) groups is 1. The smallest absolute Gasteiger partial charge is 0.321 e. The maximum atomic E-state index is 13.0. The van der Waals surface area contributed by atoms with E-state index < -0.39 is 5.91 Å². The SMILES string of the molecule is CC(C)c1cccc(C(=O)Nc2cc3cn(C4CCC(O)CC4)nc3cc2N(C)C)[n+]1[O-]. The van der Waals surface area contributed by atoms with Gasteiger partial charge in [-0.05, 0) is 43.9 Å². The van der Waals surface area contributed by atoms with Crippen LogP contribution in [0, 0.1) is 5.21 Å². The highest BCUT2D eigenvalue weighted by atomic mass is 16.5. The van der Waals surface area contributed by atoms with Crippen molar-refractivity contribution in [2.45, 2.75) is 57.6 Å². The zero-order valence-corrected chi connectivity index (χ0v) is 19.1.